The molecule has 3 nitrogen and oxygen atoms in total. The topological polar surface area (TPSA) is 44.5 Å². The van der Waals surface area contributed by atoms with Crippen LogP contribution >= 0.6 is 15.9 Å². The van der Waals surface area contributed by atoms with Gasteiger partial charge in [-0.05, 0) is 42.5 Å². The van der Waals surface area contributed by atoms with E-state index in [0.29, 0.717) is 18.6 Å². The van der Waals surface area contributed by atoms with Crippen molar-refractivity contribution in [2.45, 2.75) is 12.3 Å². The largest absolute Gasteiger partial charge is 0.454 e. The molecule has 0 spiro atoms. The Morgan fingerprint density at radius 2 is 2.07 bits per heavy atom. The second kappa shape index (κ2) is 3.39. The van der Waals surface area contributed by atoms with Gasteiger partial charge in [0.25, 0.3) is 0 Å². The summed E-state index contributed by atoms with van der Waals surface area (Å²) in [7, 11) is 0. The summed E-state index contributed by atoms with van der Waals surface area (Å²) in [6, 6.07) is 4.07. The highest BCUT2D eigenvalue weighted by Crippen LogP contribution is 2.51. The molecular weight excluding hydrogens is 258 g/mol. The van der Waals surface area contributed by atoms with Crippen molar-refractivity contribution < 1.29 is 9.47 Å². The fourth-order valence-electron chi connectivity index (χ4n) is 2.11. The molecule has 0 radical (unpaired) electrons. The maximum Gasteiger partial charge on any atom is 0.231 e. The summed E-state index contributed by atoms with van der Waals surface area (Å²) >= 11 is 3.57. The quantitative estimate of drug-likeness (QED) is 0.896. The van der Waals surface area contributed by atoms with Crippen molar-refractivity contribution in [3.63, 3.8) is 0 Å². The number of halogens is 1. The van der Waals surface area contributed by atoms with E-state index in [1.165, 1.54) is 12.0 Å². The van der Waals surface area contributed by atoms with Crippen LogP contribution in [0.5, 0.6) is 11.5 Å². The summed E-state index contributed by atoms with van der Waals surface area (Å²) in [5.41, 5.74) is 6.95. The maximum atomic E-state index is 5.65. The van der Waals surface area contributed by atoms with Crippen LogP contribution in [0.1, 0.15) is 17.9 Å². The van der Waals surface area contributed by atoms with Gasteiger partial charge in [0.15, 0.2) is 11.5 Å². The molecule has 2 aliphatic rings. The normalized spacial score (nSPS) is 26.8. The van der Waals surface area contributed by atoms with Gasteiger partial charge in [0, 0.05) is 4.47 Å². The number of rotatable bonds is 2. The van der Waals surface area contributed by atoms with Gasteiger partial charge < -0.3 is 15.2 Å². The molecule has 3 rings (SSSR count). The van der Waals surface area contributed by atoms with Gasteiger partial charge in [-0.15, -0.1) is 0 Å². The van der Waals surface area contributed by atoms with Crippen LogP contribution in [0.2, 0.25) is 0 Å². The van der Waals surface area contributed by atoms with E-state index in [9.17, 15) is 0 Å². The van der Waals surface area contributed by atoms with E-state index >= 15 is 0 Å². The Bertz CT molecular complexity index is 408. The van der Waals surface area contributed by atoms with Crippen LogP contribution in [-0.2, 0) is 0 Å². The molecule has 2 atom stereocenters. The van der Waals surface area contributed by atoms with Crippen molar-refractivity contribution in [2.24, 2.45) is 11.7 Å². The van der Waals surface area contributed by atoms with E-state index in [2.05, 4.69) is 22.0 Å². The number of nitrogens with two attached hydrogens (primary N) is 1. The highest BCUT2D eigenvalue weighted by atomic mass is 79.9. The zero-order valence-corrected chi connectivity index (χ0v) is 9.79. The van der Waals surface area contributed by atoms with Gasteiger partial charge in [-0.25, -0.2) is 0 Å². The molecule has 80 valence electrons. The second-order valence-electron chi connectivity index (χ2n) is 4.06. The van der Waals surface area contributed by atoms with Gasteiger partial charge in [-0.2, -0.15) is 0 Å². The average Bonchev–Trinajstić information content (AvgIpc) is 2.88. The fourth-order valence-corrected chi connectivity index (χ4v) is 2.72. The van der Waals surface area contributed by atoms with E-state index in [1.807, 2.05) is 6.07 Å². The Morgan fingerprint density at radius 1 is 1.33 bits per heavy atom. The van der Waals surface area contributed by atoms with E-state index in [1.54, 1.807) is 0 Å². The highest BCUT2D eigenvalue weighted by Gasteiger charge is 2.39. The third-order valence-electron chi connectivity index (χ3n) is 3.12. The third-order valence-corrected chi connectivity index (χ3v) is 3.80. The minimum atomic E-state index is 0.330. The predicted molar refractivity (Wildman–Crippen MR) is 60.2 cm³/mol. The zero-order valence-electron chi connectivity index (χ0n) is 8.20. The standard InChI is InChI=1S/C11H12BrNO2/c12-9-3-11-10(14-5-15-11)2-8(9)7-1-6(7)4-13/h2-3,6-7H,1,4-5,13H2/t6-,7+/m0/s1. The molecule has 1 fully saturated rings. The van der Waals surface area contributed by atoms with E-state index in [0.717, 1.165) is 22.5 Å². The van der Waals surface area contributed by atoms with Gasteiger partial charge in [0.2, 0.25) is 6.79 Å². The number of ether oxygens (including phenoxy) is 2. The molecular formula is C11H12BrNO2. The lowest BCUT2D eigenvalue weighted by Crippen LogP contribution is -2.02. The first-order chi connectivity index (χ1) is 7.29. The molecule has 1 aliphatic heterocycles. The summed E-state index contributed by atoms with van der Waals surface area (Å²) in [4.78, 5) is 0. The number of hydrogen-bond donors (Lipinski definition) is 1. The molecule has 0 saturated heterocycles. The number of hydrogen-bond acceptors (Lipinski definition) is 3. The van der Waals surface area contributed by atoms with Crippen molar-refractivity contribution >= 4 is 15.9 Å². The molecule has 1 saturated carbocycles. The summed E-state index contributed by atoms with van der Waals surface area (Å²) in [6.07, 6.45) is 1.19. The minimum Gasteiger partial charge on any atom is -0.454 e. The van der Waals surface area contributed by atoms with Crippen molar-refractivity contribution in [1.29, 1.82) is 0 Å². The smallest absolute Gasteiger partial charge is 0.231 e. The fraction of sp³-hybridized carbons (Fsp3) is 0.455. The lowest BCUT2D eigenvalue weighted by Gasteiger charge is -2.05. The molecule has 0 amide bonds. The molecule has 2 N–H and O–H groups in total. The van der Waals surface area contributed by atoms with Gasteiger partial charge in [-0.1, -0.05) is 15.9 Å². The van der Waals surface area contributed by atoms with Crippen LogP contribution < -0.4 is 15.2 Å². The monoisotopic (exact) mass is 269 g/mol. The maximum absolute atomic E-state index is 5.65. The molecule has 1 aliphatic carbocycles. The molecule has 1 heterocycles. The van der Waals surface area contributed by atoms with Crippen LogP contribution in [-0.4, -0.2) is 13.3 Å². The minimum absolute atomic E-state index is 0.330. The molecule has 4 heteroatoms. The second-order valence-corrected chi connectivity index (χ2v) is 4.92. The lowest BCUT2D eigenvalue weighted by atomic mass is 10.1. The van der Waals surface area contributed by atoms with Gasteiger partial charge in [-0.3, -0.25) is 0 Å². The average molecular weight is 270 g/mol. The third kappa shape index (κ3) is 1.52. The van der Waals surface area contributed by atoms with E-state index in [-0.39, 0.29) is 0 Å². The summed E-state index contributed by atoms with van der Waals surface area (Å²) in [6.45, 7) is 1.10. The van der Waals surface area contributed by atoms with Crippen LogP contribution in [0.15, 0.2) is 16.6 Å². The van der Waals surface area contributed by atoms with Crippen molar-refractivity contribution in [3.8, 4) is 11.5 Å². The van der Waals surface area contributed by atoms with Crippen molar-refractivity contribution in [1.82, 2.24) is 0 Å². The number of fused-ring (bicyclic) bond motifs is 1. The molecule has 0 aromatic heterocycles. The highest BCUT2D eigenvalue weighted by molar-refractivity contribution is 9.10. The molecule has 0 unspecified atom stereocenters. The number of benzene rings is 1. The predicted octanol–water partition coefficient (Wildman–Crippen LogP) is 2.24. The van der Waals surface area contributed by atoms with E-state index < -0.39 is 0 Å². The Morgan fingerprint density at radius 3 is 2.73 bits per heavy atom. The van der Waals surface area contributed by atoms with Gasteiger partial charge in [0.1, 0.15) is 0 Å². The van der Waals surface area contributed by atoms with Crippen LogP contribution in [0.4, 0.5) is 0 Å². The summed E-state index contributed by atoms with van der Waals surface area (Å²) in [5.74, 6) is 2.92. The van der Waals surface area contributed by atoms with E-state index in [4.69, 9.17) is 15.2 Å². The van der Waals surface area contributed by atoms with Gasteiger partial charge >= 0.3 is 0 Å². The first kappa shape index (κ1) is 9.48. The molecule has 1 aromatic rings. The Labute approximate surface area is 96.7 Å². The molecule has 0 bridgehead atoms. The lowest BCUT2D eigenvalue weighted by molar-refractivity contribution is 0.174. The van der Waals surface area contributed by atoms with Crippen LogP contribution in [0.3, 0.4) is 0 Å². The molecule has 15 heavy (non-hydrogen) atoms. The van der Waals surface area contributed by atoms with Crippen LogP contribution in [0, 0.1) is 5.92 Å². The van der Waals surface area contributed by atoms with Crippen LogP contribution in [0.25, 0.3) is 0 Å². The first-order valence-corrected chi connectivity index (χ1v) is 5.88. The summed E-state index contributed by atoms with van der Waals surface area (Å²) < 4.78 is 11.8. The Kier molecular flexibility index (Phi) is 2.14. The van der Waals surface area contributed by atoms with Crippen molar-refractivity contribution in [3.05, 3.63) is 22.2 Å². The van der Waals surface area contributed by atoms with Gasteiger partial charge in [0.05, 0.1) is 0 Å². The summed E-state index contributed by atoms with van der Waals surface area (Å²) in [5, 5.41) is 0. The Hall–Kier alpha value is -0.740. The molecule has 1 aromatic carbocycles. The first-order valence-electron chi connectivity index (χ1n) is 5.08. The Balaban J connectivity index is 1.95. The zero-order chi connectivity index (χ0) is 10.4. The van der Waals surface area contributed by atoms with Crippen molar-refractivity contribution in [2.75, 3.05) is 13.3 Å². The SMILES string of the molecule is NC[C@@H]1C[C@H]1c1cc2c(cc1Br)OCO2.